The minimum absolute atomic E-state index is 0.0348. The molecule has 0 unspecified atom stereocenters. The number of hydrogen-bond acceptors (Lipinski definition) is 3. The van der Waals surface area contributed by atoms with E-state index in [0.29, 0.717) is 11.6 Å². The molecule has 23 heavy (non-hydrogen) atoms. The first-order valence-electron chi connectivity index (χ1n) is 7.87. The fraction of sp³-hybridized carbons (Fsp3) is 0.389. The summed E-state index contributed by atoms with van der Waals surface area (Å²) in [6.07, 6.45) is 1.56. The number of fused-ring (bicyclic) bond motifs is 1. The standard InChI is InChI=1S/C18H20ClNO2S/c1-3-11(2)18(21)20-9-15-7-14-6-13(12-4-5-23-10-12)8-16(19)17(14)22-15/h4-6,8,10-11,15H,3,7,9H2,1-2H3,(H,20,21)/t11-,15-/m0/s1. The topological polar surface area (TPSA) is 38.3 Å². The first kappa shape index (κ1) is 16.3. The van der Waals surface area contributed by atoms with Crippen molar-refractivity contribution in [3.63, 3.8) is 0 Å². The lowest BCUT2D eigenvalue weighted by Gasteiger charge is -2.14. The Balaban J connectivity index is 1.69. The Kier molecular flexibility index (Phi) is 4.93. The maximum atomic E-state index is 11.9. The van der Waals surface area contributed by atoms with Crippen LogP contribution in [0.2, 0.25) is 5.02 Å². The van der Waals surface area contributed by atoms with Crippen molar-refractivity contribution in [3.05, 3.63) is 39.5 Å². The van der Waals surface area contributed by atoms with Crippen molar-refractivity contribution in [2.45, 2.75) is 32.8 Å². The Morgan fingerprint density at radius 2 is 2.30 bits per heavy atom. The van der Waals surface area contributed by atoms with E-state index < -0.39 is 0 Å². The number of nitrogens with one attached hydrogen (secondary N) is 1. The lowest BCUT2D eigenvalue weighted by Crippen LogP contribution is -2.37. The fourth-order valence-electron chi connectivity index (χ4n) is 2.67. The highest BCUT2D eigenvalue weighted by Gasteiger charge is 2.26. The molecule has 1 aliphatic rings. The van der Waals surface area contributed by atoms with Crippen LogP contribution in [0, 0.1) is 5.92 Å². The summed E-state index contributed by atoms with van der Waals surface area (Å²) in [5, 5.41) is 7.77. The molecule has 0 saturated carbocycles. The maximum absolute atomic E-state index is 11.9. The van der Waals surface area contributed by atoms with Crippen LogP contribution in [0.15, 0.2) is 29.0 Å². The summed E-state index contributed by atoms with van der Waals surface area (Å²) in [6, 6.07) is 6.17. The normalized spacial score (nSPS) is 17.4. The maximum Gasteiger partial charge on any atom is 0.222 e. The number of thiophene rings is 1. The summed E-state index contributed by atoms with van der Waals surface area (Å²) in [7, 11) is 0. The van der Waals surface area contributed by atoms with Crippen LogP contribution < -0.4 is 10.1 Å². The molecule has 0 fully saturated rings. The molecule has 1 amide bonds. The van der Waals surface area contributed by atoms with Gasteiger partial charge in [-0.05, 0) is 46.5 Å². The third kappa shape index (κ3) is 3.54. The van der Waals surface area contributed by atoms with Gasteiger partial charge in [0.15, 0.2) is 0 Å². The summed E-state index contributed by atoms with van der Waals surface area (Å²) in [4.78, 5) is 11.9. The minimum Gasteiger partial charge on any atom is -0.486 e. The zero-order chi connectivity index (χ0) is 16.4. The van der Waals surface area contributed by atoms with E-state index >= 15 is 0 Å². The number of halogens is 1. The van der Waals surface area contributed by atoms with Gasteiger partial charge in [0.2, 0.25) is 5.91 Å². The summed E-state index contributed by atoms with van der Waals surface area (Å²) in [5.74, 6) is 0.873. The van der Waals surface area contributed by atoms with E-state index in [2.05, 4.69) is 28.2 Å². The number of hydrogen-bond donors (Lipinski definition) is 1. The van der Waals surface area contributed by atoms with E-state index in [9.17, 15) is 4.79 Å². The zero-order valence-electron chi connectivity index (χ0n) is 13.3. The number of ether oxygens (including phenoxy) is 1. The van der Waals surface area contributed by atoms with Crippen LogP contribution in [0.4, 0.5) is 0 Å². The average molecular weight is 350 g/mol. The Bertz CT molecular complexity index is 699. The van der Waals surface area contributed by atoms with Gasteiger partial charge in [-0.3, -0.25) is 4.79 Å². The second-order valence-corrected chi connectivity index (χ2v) is 7.14. The predicted octanol–water partition coefficient (Wildman–Crippen LogP) is 4.53. The first-order valence-corrected chi connectivity index (χ1v) is 9.20. The summed E-state index contributed by atoms with van der Waals surface area (Å²) in [5.41, 5.74) is 3.40. The van der Waals surface area contributed by atoms with Crippen molar-refractivity contribution < 1.29 is 9.53 Å². The molecular formula is C18H20ClNO2S. The van der Waals surface area contributed by atoms with Crippen LogP contribution in [0.25, 0.3) is 11.1 Å². The van der Waals surface area contributed by atoms with Gasteiger partial charge < -0.3 is 10.1 Å². The average Bonchev–Trinajstić information content (AvgIpc) is 3.20. The molecular weight excluding hydrogens is 330 g/mol. The molecule has 1 aromatic heterocycles. The molecule has 0 bridgehead atoms. The molecule has 1 aliphatic heterocycles. The van der Waals surface area contributed by atoms with E-state index in [4.69, 9.17) is 16.3 Å². The van der Waals surface area contributed by atoms with E-state index in [1.165, 1.54) is 5.56 Å². The molecule has 3 rings (SSSR count). The van der Waals surface area contributed by atoms with Crippen LogP contribution in [-0.4, -0.2) is 18.6 Å². The van der Waals surface area contributed by atoms with Gasteiger partial charge in [-0.15, -0.1) is 0 Å². The molecule has 2 atom stereocenters. The van der Waals surface area contributed by atoms with E-state index in [0.717, 1.165) is 29.7 Å². The Morgan fingerprint density at radius 3 is 3.00 bits per heavy atom. The van der Waals surface area contributed by atoms with Crippen molar-refractivity contribution in [2.24, 2.45) is 5.92 Å². The highest BCUT2D eigenvalue weighted by atomic mass is 35.5. The van der Waals surface area contributed by atoms with Crippen LogP contribution in [0.5, 0.6) is 5.75 Å². The van der Waals surface area contributed by atoms with Crippen molar-refractivity contribution in [1.29, 1.82) is 0 Å². The largest absolute Gasteiger partial charge is 0.486 e. The van der Waals surface area contributed by atoms with Crippen molar-refractivity contribution >= 4 is 28.8 Å². The SMILES string of the molecule is CC[C@H](C)C(=O)NC[C@@H]1Cc2cc(-c3ccsc3)cc(Cl)c2O1. The number of benzene rings is 1. The Hall–Kier alpha value is -1.52. The summed E-state index contributed by atoms with van der Waals surface area (Å²) >= 11 is 8.05. The molecule has 3 nitrogen and oxygen atoms in total. The number of rotatable bonds is 5. The van der Waals surface area contributed by atoms with Crippen molar-refractivity contribution in [3.8, 4) is 16.9 Å². The quantitative estimate of drug-likeness (QED) is 0.860. The second-order valence-electron chi connectivity index (χ2n) is 5.96. The Morgan fingerprint density at radius 1 is 1.48 bits per heavy atom. The molecule has 5 heteroatoms. The van der Waals surface area contributed by atoms with E-state index in [1.807, 2.05) is 19.9 Å². The van der Waals surface area contributed by atoms with Gasteiger partial charge in [-0.25, -0.2) is 0 Å². The number of carbonyl (C=O) groups excluding carboxylic acids is 1. The van der Waals surface area contributed by atoms with Crippen LogP contribution in [-0.2, 0) is 11.2 Å². The van der Waals surface area contributed by atoms with Crippen LogP contribution in [0.3, 0.4) is 0 Å². The minimum atomic E-state index is -0.0479. The van der Waals surface area contributed by atoms with Gasteiger partial charge in [-0.1, -0.05) is 25.4 Å². The summed E-state index contributed by atoms with van der Waals surface area (Å²) < 4.78 is 5.93. The second kappa shape index (κ2) is 6.93. The number of carbonyl (C=O) groups is 1. The molecule has 2 heterocycles. The zero-order valence-corrected chi connectivity index (χ0v) is 14.8. The highest BCUT2D eigenvalue weighted by molar-refractivity contribution is 7.08. The first-order chi connectivity index (χ1) is 11.1. The lowest BCUT2D eigenvalue weighted by atomic mass is 10.0. The molecule has 0 aliphatic carbocycles. The third-order valence-electron chi connectivity index (χ3n) is 4.27. The van der Waals surface area contributed by atoms with Gasteiger partial charge in [0.1, 0.15) is 11.9 Å². The predicted molar refractivity (Wildman–Crippen MR) is 95.3 cm³/mol. The molecule has 2 aromatic rings. The Labute approximate surface area is 145 Å². The van der Waals surface area contributed by atoms with Gasteiger partial charge in [0, 0.05) is 17.9 Å². The molecule has 0 spiro atoms. The van der Waals surface area contributed by atoms with Gasteiger partial charge in [0.05, 0.1) is 11.6 Å². The molecule has 1 aromatic carbocycles. The monoisotopic (exact) mass is 349 g/mol. The highest BCUT2D eigenvalue weighted by Crippen LogP contribution is 2.39. The van der Waals surface area contributed by atoms with Gasteiger partial charge in [0.25, 0.3) is 0 Å². The van der Waals surface area contributed by atoms with Crippen LogP contribution in [0.1, 0.15) is 25.8 Å². The fourth-order valence-corrected chi connectivity index (χ4v) is 3.62. The molecule has 0 saturated heterocycles. The van der Waals surface area contributed by atoms with E-state index in [1.54, 1.807) is 11.3 Å². The van der Waals surface area contributed by atoms with E-state index in [-0.39, 0.29) is 17.9 Å². The smallest absolute Gasteiger partial charge is 0.222 e. The van der Waals surface area contributed by atoms with Gasteiger partial charge >= 0.3 is 0 Å². The summed E-state index contributed by atoms with van der Waals surface area (Å²) in [6.45, 7) is 4.46. The van der Waals surface area contributed by atoms with Gasteiger partial charge in [-0.2, -0.15) is 11.3 Å². The van der Waals surface area contributed by atoms with Crippen molar-refractivity contribution in [2.75, 3.05) is 6.54 Å². The van der Waals surface area contributed by atoms with Crippen LogP contribution >= 0.6 is 22.9 Å². The molecule has 1 N–H and O–H groups in total. The third-order valence-corrected chi connectivity index (χ3v) is 5.24. The molecule has 122 valence electrons. The number of amides is 1. The van der Waals surface area contributed by atoms with Crippen molar-refractivity contribution in [1.82, 2.24) is 5.32 Å². The molecule has 0 radical (unpaired) electrons. The lowest BCUT2D eigenvalue weighted by molar-refractivity contribution is -0.124.